The van der Waals surface area contributed by atoms with Gasteiger partial charge in [-0.15, -0.1) is 0 Å². The molecule has 2 nitrogen and oxygen atoms in total. The SMILES string of the molecule is Cc1cc(C)c(N(C)c2cccc(N)c2)c(Cl)c1. The van der Waals surface area contributed by atoms with E-state index in [9.17, 15) is 0 Å². The lowest BCUT2D eigenvalue weighted by Gasteiger charge is -2.23. The maximum atomic E-state index is 6.35. The van der Waals surface area contributed by atoms with E-state index in [0.29, 0.717) is 0 Å². The van der Waals surface area contributed by atoms with Crippen LogP contribution in [-0.4, -0.2) is 7.05 Å². The molecule has 0 fully saturated rings. The van der Waals surface area contributed by atoms with Crippen molar-refractivity contribution in [1.29, 1.82) is 0 Å². The molecule has 18 heavy (non-hydrogen) atoms. The molecule has 0 unspecified atom stereocenters. The Labute approximate surface area is 113 Å². The highest BCUT2D eigenvalue weighted by molar-refractivity contribution is 6.33. The summed E-state index contributed by atoms with van der Waals surface area (Å²) >= 11 is 6.35. The Morgan fingerprint density at radius 1 is 1.11 bits per heavy atom. The van der Waals surface area contributed by atoms with Crippen LogP contribution in [0.1, 0.15) is 11.1 Å². The van der Waals surface area contributed by atoms with Crippen molar-refractivity contribution >= 4 is 28.7 Å². The predicted octanol–water partition coefficient (Wildman–Crippen LogP) is 4.31. The summed E-state index contributed by atoms with van der Waals surface area (Å²) in [7, 11) is 2.00. The zero-order valence-corrected chi connectivity index (χ0v) is 11.6. The van der Waals surface area contributed by atoms with Crippen LogP contribution in [0, 0.1) is 13.8 Å². The average Bonchev–Trinajstić information content (AvgIpc) is 2.27. The molecule has 2 rings (SSSR count). The number of halogens is 1. The van der Waals surface area contributed by atoms with Crippen molar-refractivity contribution < 1.29 is 0 Å². The fourth-order valence-electron chi connectivity index (χ4n) is 2.20. The maximum absolute atomic E-state index is 6.35. The first kappa shape index (κ1) is 12.8. The molecule has 2 N–H and O–H groups in total. The largest absolute Gasteiger partial charge is 0.399 e. The third-order valence-corrected chi connectivity index (χ3v) is 3.28. The Morgan fingerprint density at radius 2 is 1.83 bits per heavy atom. The molecule has 0 radical (unpaired) electrons. The number of anilines is 3. The van der Waals surface area contributed by atoms with Gasteiger partial charge in [-0.3, -0.25) is 0 Å². The molecule has 0 saturated carbocycles. The topological polar surface area (TPSA) is 29.3 Å². The first-order valence-electron chi connectivity index (χ1n) is 5.85. The van der Waals surface area contributed by atoms with Gasteiger partial charge in [0.25, 0.3) is 0 Å². The number of aryl methyl sites for hydroxylation is 2. The molecule has 0 aliphatic heterocycles. The summed E-state index contributed by atoms with van der Waals surface area (Å²) in [5.41, 5.74) is 10.9. The summed E-state index contributed by atoms with van der Waals surface area (Å²) in [6.45, 7) is 4.11. The number of rotatable bonds is 2. The summed E-state index contributed by atoms with van der Waals surface area (Å²) in [5.74, 6) is 0. The van der Waals surface area contributed by atoms with Gasteiger partial charge in [0.15, 0.2) is 0 Å². The fraction of sp³-hybridized carbons (Fsp3) is 0.200. The van der Waals surface area contributed by atoms with E-state index in [4.69, 9.17) is 17.3 Å². The zero-order valence-electron chi connectivity index (χ0n) is 10.9. The molecule has 0 bridgehead atoms. The van der Waals surface area contributed by atoms with E-state index in [1.54, 1.807) is 0 Å². The van der Waals surface area contributed by atoms with E-state index in [1.807, 2.05) is 44.3 Å². The molecule has 0 amide bonds. The van der Waals surface area contributed by atoms with Gasteiger partial charge in [-0.25, -0.2) is 0 Å². The molecule has 0 aliphatic carbocycles. The summed E-state index contributed by atoms with van der Waals surface area (Å²) in [5, 5.41) is 0.762. The standard InChI is InChI=1S/C15H17ClN2/c1-10-7-11(2)15(14(16)8-10)18(3)13-6-4-5-12(17)9-13/h4-9H,17H2,1-3H3. The van der Waals surface area contributed by atoms with Gasteiger partial charge in [-0.2, -0.15) is 0 Å². The van der Waals surface area contributed by atoms with Gasteiger partial charge in [0.2, 0.25) is 0 Å². The van der Waals surface area contributed by atoms with Crippen LogP contribution in [0.2, 0.25) is 5.02 Å². The molecule has 2 aromatic rings. The number of hydrogen-bond donors (Lipinski definition) is 1. The van der Waals surface area contributed by atoms with Crippen LogP contribution in [0.15, 0.2) is 36.4 Å². The van der Waals surface area contributed by atoms with Gasteiger partial charge in [0.1, 0.15) is 0 Å². The molecule has 0 heterocycles. The van der Waals surface area contributed by atoms with E-state index < -0.39 is 0 Å². The second-order valence-electron chi connectivity index (χ2n) is 4.57. The first-order chi connectivity index (χ1) is 8.49. The third kappa shape index (κ3) is 2.44. The lowest BCUT2D eigenvalue weighted by Crippen LogP contribution is -2.12. The molecular weight excluding hydrogens is 244 g/mol. The average molecular weight is 261 g/mol. The Kier molecular flexibility index (Phi) is 3.48. The van der Waals surface area contributed by atoms with Gasteiger partial charge in [-0.05, 0) is 49.2 Å². The Hall–Kier alpha value is -1.67. The lowest BCUT2D eigenvalue weighted by atomic mass is 10.1. The first-order valence-corrected chi connectivity index (χ1v) is 6.23. The monoisotopic (exact) mass is 260 g/mol. The summed E-state index contributed by atoms with van der Waals surface area (Å²) in [4.78, 5) is 2.06. The number of nitrogen functional groups attached to an aromatic ring is 1. The zero-order chi connectivity index (χ0) is 13.3. The van der Waals surface area contributed by atoms with Crippen molar-refractivity contribution in [3.63, 3.8) is 0 Å². The number of hydrogen-bond acceptors (Lipinski definition) is 2. The quantitative estimate of drug-likeness (QED) is 0.816. The summed E-state index contributed by atoms with van der Waals surface area (Å²) in [6, 6.07) is 11.9. The minimum absolute atomic E-state index is 0.750. The second-order valence-corrected chi connectivity index (χ2v) is 4.97. The van der Waals surface area contributed by atoms with Crippen molar-refractivity contribution in [1.82, 2.24) is 0 Å². The van der Waals surface area contributed by atoms with Crippen LogP contribution in [0.5, 0.6) is 0 Å². The van der Waals surface area contributed by atoms with Gasteiger partial charge in [0.05, 0.1) is 10.7 Å². The minimum atomic E-state index is 0.750. The smallest absolute Gasteiger partial charge is 0.0648 e. The van der Waals surface area contributed by atoms with Gasteiger partial charge >= 0.3 is 0 Å². The predicted molar refractivity (Wildman–Crippen MR) is 79.8 cm³/mol. The minimum Gasteiger partial charge on any atom is -0.399 e. The normalized spacial score (nSPS) is 10.4. The Morgan fingerprint density at radius 3 is 2.44 bits per heavy atom. The molecule has 94 valence electrons. The van der Waals surface area contributed by atoms with Crippen molar-refractivity contribution in [2.75, 3.05) is 17.7 Å². The van der Waals surface area contributed by atoms with Gasteiger partial charge in [0, 0.05) is 18.4 Å². The molecule has 0 spiro atoms. The molecule has 0 aromatic heterocycles. The Balaban J connectivity index is 2.49. The molecular formula is C15H17ClN2. The van der Waals surface area contributed by atoms with Crippen LogP contribution < -0.4 is 10.6 Å². The third-order valence-electron chi connectivity index (χ3n) is 2.99. The van der Waals surface area contributed by atoms with Crippen molar-refractivity contribution in [2.45, 2.75) is 13.8 Å². The van der Waals surface area contributed by atoms with E-state index in [0.717, 1.165) is 27.6 Å². The van der Waals surface area contributed by atoms with Crippen LogP contribution >= 0.6 is 11.6 Å². The summed E-state index contributed by atoms with van der Waals surface area (Å²) in [6.07, 6.45) is 0. The highest BCUT2D eigenvalue weighted by atomic mass is 35.5. The van der Waals surface area contributed by atoms with Crippen LogP contribution in [0.3, 0.4) is 0 Å². The van der Waals surface area contributed by atoms with E-state index in [1.165, 1.54) is 5.56 Å². The molecule has 3 heteroatoms. The van der Waals surface area contributed by atoms with Crippen LogP contribution in [0.25, 0.3) is 0 Å². The molecule has 0 saturated heterocycles. The molecule has 0 atom stereocenters. The van der Waals surface area contributed by atoms with Crippen LogP contribution in [-0.2, 0) is 0 Å². The number of benzene rings is 2. The van der Waals surface area contributed by atoms with Crippen molar-refractivity contribution in [3.8, 4) is 0 Å². The molecule has 0 aliphatic rings. The maximum Gasteiger partial charge on any atom is 0.0648 e. The molecule has 2 aromatic carbocycles. The van der Waals surface area contributed by atoms with Crippen molar-refractivity contribution in [3.05, 3.63) is 52.5 Å². The van der Waals surface area contributed by atoms with Crippen LogP contribution in [0.4, 0.5) is 17.1 Å². The number of nitrogens with two attached hydrogens (primary N) is 1. The van der Waals surface area contributed by atoms with Gasteiger partial charge in [-0.1, -0.05) is 23.7 Å². The number of nitrogens with zero attached hydrogens (tertiary/aromatic N) is 1. The highest BCUT2D eigenvalue weighted by Crippen LogP contribution is 2.35. The van der Waals surface area contributed by atoms with E-state index in [-0.39, 0.29) is 0 Å². The van der Waals surface area contributed by atoms with E-state index in [2.05, 4.69) is 17.9 Å². The van der Waals surface area contributed by atoms with Gasteiger partial charge < -0.3 is 10.6 Å². The highest BCUT2D eigenvalue weighted by Gasteiger charge is 2.12. The summed E-state index contributed by atoms with van der Waals surface area (Å²) < 4.78 is 0. The lowest BCUT2D eigenvalue weighted by molar-refractivity contribution is 1.18. The Bertz CT molecular complexity index is 555. The van der Waals surface area contributed by atoms with Crippen molar-refractivity contribution in [2.24, 2.45) is 0 Å². The fourth-order valence-corrected chi connectivity index (χ4v) is 2.64. The van der Waals surface area contributed by atoms with E-state index >= 15 is 0 Å². The second kappa shape index (κ2) is 4.91.